The molecule has 0 unspecified atom stereocenters. The Hall–Kier alpha value is -2.16. The predicted molar refractivity (Wildman–Crippen MR) is 79.7 cm³/mol. The highest BCUT2D eigenvalue weighted by Gasteiger charge is 2.61. The van der Waals surface area contributed by atoms with Crippen molar-refractivity contribution in [2.75, 3.05) is 26.9 Å². The van der Waals surface area contributed by atoms with Crippen molar-refractivity contribution < 1.29 is 38.1 Å². The van der Waals surface area contributed by atoms with Crippen LogP contribution in [0.15, 0.2) is 0 Å². The van der Waals surface area contributed by atoms with Crippen LogP contribution >= 0.6 is 0 Å². The molecule has 9 nitrogen and oxygen atoms in total. The number of rotatable bonds is 7. The highest BCUT2D eigenvalue weighted by Crippen LogP contribution is 2.33. The van der Waals surface area contributed by atoms with Crippen molar-refractivity contribution in [2.45, 2.75) is 38.8 Å². The van der Waals surface area contributed by atoms with Gasteiger partial charge in [0.1, 0.15) is 6.04 Å². The van der Waals surface area contributed by atoms with Crippen molar-refractivity contribution in [1.82, 2.24) is 5.32 Å². The maximum absolute atomic E-state index is 12.4. The van der Waals surface area contributed by atoms with E-state index < -0.39 is 41.4 Å². The molecule has 0 aromatic carbocycles. The molecule has 0 aliphatic carbocycles. The van der Waals surface area contributed by atoms with Gasteiger partial charge in [-0.25, -0.2) is 9.59 Å². The van der Waals surface area contributed by atoms with E-state index in [9.17, 15) is 19.2 Å². The molecule has 0 saturated carbocycles. The van der Waals surface area contributed by atoms with Crippen LogP contribution in [-0.2, 0) is 38.1 Å². The number of esters is 4. The van der Waals surface area contributed by atoms with Crippen LogP contribution in [0.1, 0.15) is 27.2 Å². The third kappa shape index (κ3) is 3.84. The van der Waals surface area contributed by atoms with Gasteiger partial charge in [0, 0.05) is 6.42 Å². The lowest BCUT2D eigenvalue weighted by Crippen LogP contribution is -2.58. The van der Waals surface area contributed by atoms with E-state index >= 15 is 0 Å². The van der Waals surface area contributed by atoms with Crippen molar-refractivity contribution >= 4 is 23.9 Å². The van der Waals surface area contributed by atoms with Crippen molar-refractivity contribution in [1.29, 1.82) is 0 Å². The van der Waals surface area contributed by atoms with Crippen LogP contribution in [-0.4, -0.2) is 62.4 Å². The van der Waals surface area contributed by atoms with Crippen molar-refractivity contribution in [2.24, 2.45) is 5.92 Å². The van der Waals surface area contributed by atoms with E-state index in [0.717, 1.165) is 7.11 Å². The summed E-state index contributed by atoms with van der Waals surface area (Å²) in [5.41, 5.74) is -1.96. The third-order valence-electron chi connectivity index (χ3n) is 3.62. The number of carbonyl (C=O) groups is 4. The average Bonchev–Trinajstić information content (AvgIpc) is 2.97. The quantitative estimate of drug-likeness (QED) is 0.372. The second-order valence-corrected chi connectivity index (χ2v) is 5.05. The van der Waals surface area contributed by atoms with Gasteiger partial charge in [-0.2, -0.15) is 0 Å². The van der Waals surface area contributed by atoms with Crippen LogP contribution in [0.5, 0.6) is 0 Å². The fraction of sp³-hybridized carbons (Fsp3) is 0.733. The van der Waals surface area contributed by atoms with Gasteiger partial charge in [0.25, 0.3) is 0 Å². The molecular weight excluding hydrogens is 322 g/mol. The number of ether oxygens (including phenoxy) is 4. The molecule has 1 saturated heterocycles. The molecule has 1 rings (SSSR count). The van der Waals surface area contributed by atoms with E-state index in [-0.39, 0.29) is 26.2 Å². The zero-order valence-electron chi connectivity index (χ0n) is 14.2. The van der Waals surface area contributed by atoms with E-state index in [2.05, 4.69) is 10.1 Å². The van der Waals surface area contributed by atoms with Gasteiger partial charge in [-0.15, -0.1) is 0 Å². The summed E-state index contributed by atoms with van der Waals surface area (Å²) in [6.07, 6.45) is -0.319. The van der Waals surface area contributed by atoms with Gasteiger partial charge in [0.2, 0.25) is 5.54 Å². The minimum Gasteiger partial charge on any atom is -0.469 e. The highest BCUT2D eigenvalue weighted by molar-refractivity contribution is 6.07. The number of hydrogen-bond acceptors (Lipinski definition) is 9. The summed E-state index contributed by atoms with van der Waals surface area (Å²) < 4.78 is 19.5. The van der Waals surface area contributed by atoms with Crippen LogP contribution in [0.25, 0.3) is 0 Å². The lowest BCUT2D eigenvalue weighted by Gasteiger charge is -2.25. The Morgan fingerprint density at radius 1 is 0.917 bits per heavy atom. The number of carbonyl (C=O) groups excluding carboxylic acids is 4. The van der Waals surface area contributed by atoms with Crippen LogP contribution in [0.2, 0.25) is 0 Å². The van der Waals surface area contributed by atoms with Gasteiger partial charge >= 0.3 is 23.9 Å². The second-order valence-electron chi connectivity index (χ2n) is 5.05. The predicted octanol–water partition coefficient (Wildman–Crippen LogP) is -0.434. The zero-order chi connectivity index (χ0) is 18.3. The lowest BCUT2D eigenvalue weighted by atomic mass is 9.91. The summed E-state index contributed by atoms with van der Waals surface area (Å²) in [7, 11) is 1.15. The third-order valence-corrected chi connectivity index (χ3v) is 3.62. The second kappa shape index (κ2) is 8.62. The number of hydrogen-bond donors (Lipinski definition) is 1. The first-order valence-electron chi connectivity index (χ1n) is 7.74. The SMILES string of the molecule is CCOC(=O)[C@@H]1NC(C(=O)OCC)(C(=O)OCC)C[C@@H]1C(=O)OC. The summed E-state index contributed by atoms with van der Waals surface area (Å²) in [5.74, 6) is -4.41. The molecule has 1 N–H and O–H groups in total. The Bertz CT molecular complexity index is 486. The highest BCUT2D eigenvalue weighted by atomic mass is 16.6. The summed E-state index contributed by atoms with van der Waals surface area (Å²) in [6, 6.07) is -1.22. The minimum absolute atomic E-state index is 0.0225. The largest absolute Gasteiger partial charge is 0.469 e. The first kappa shape index (κ1) is 19.9. The van der Waals surface area contributed by atoms with Gasteiger partial charge in [0.05, 0.1) is 32.8 Å². The zero-order valence-corrected chi connectivity index (χ0v) is 14.2. The fourth-order valence-corrected chi connectivity index (χ4v) is 2.58. The standard InChI is InChI=1S/C15H23NO8/c1-5-22-12(18)10-9(11(17)21-4)8-15(16-10,13(19)23-6-2)14(20)24-7-3/h9-10,16H,5-8H2,1-4H3/t9-,10+/m0/s1. The van der Waals surface area contributed by atoms with E-state index in [1.807, 2.05) is 0 Å². The molecule has 24 heavy (non-hydrogen) atoms. The van der Waals surface area contributed by atoms with Crippen molar-refractivity contribution in [3.63, 3.8) is 0 Å². The van der Waals surface area contributed by atoms with Crippen LogP contribution in [0.4, 0.5) is 0 Å². The first-order valence-corrected chi connectivity index (χ1v) is 7.74. The van der Waals surface area contributed by atoms with Gasteiger partial charge in [-0.05, 0) is 20.8 Å². The molecular formula is C15H23NO8. The molecule has 1 fully saturated rings. The molecule has 0 amide bonds. The smallest absolute Gasteiger partial charge is 0.338 e. The van der Waals surface area contributed by atoms with Crippen LogP contribution < -0.4 is 5.32 Å². The fourth-order valence-electron chi connectivity index (χ4n) is 2.58. The molecule has 0 aromatic heterocycles. The summed E-state index contributed by atoms with van der Waals surface area (Å²) in [5, 5.41) is 2.60. The van der Waals surface area contributed by atoms with E-state index in [4.69, 9.17) is 14.2 Å². The van der Waals surface area contributed by atoms with Crippen LogP contribution in [0.3, 0.4) is 0 Å². The van der Waals surface area contributed by atoms with E-state index in [1.165, 1.54) is 0 Å². The van der Waals surface area contributed by atoms with E-state index in [1.54, 1.807) is 20.8 Å². The number of nitrogens with one attached hydrogen (secondary N) is 1. The summed E-state index contributed by atoms with van der Waals surface area (Å²) >= 11 is 0. The maximum atomic E-state index is 12.4. The Morgan fingerprint density at radius 2 is 1.42 bits per heavy atom. The molecule has 1 heterocycles. The van der Waals surface area contributed by atoms with Gasteiger partial charge in [-0.1, -0.05) is 0 Å². The molecule has 1 aliphatic heterocycles. The molecule has 9 heteroatoms. The molecule has 0 spiro atoms. The monoisotopic (exact) mass is 345 g/mol. The first-order chi connectivity index (χ1) is 11.4. The van der Waals surface area contributed by atoms with Crippen LogP contribution in [0, 0.1) is 5.92 Å². The minimum atomic E-state index is -1.96. The molecule has 136 valence electrons. The molecule has 0 radical (unpaired) electrons. The van der Waals surface area contributed by atoms with Crippen molar-refractivity contribution in [3.8, 4) is 0 Å². The molecule has 2 atom stereocenters. The van der Waals surface area contributed by atoms with Crippen molar-refractivity contribution in [3.05, 3.63) is 0 Å². The van der Waals surface area contributed by atoms with Gasteiger partial charge < -0.3 is 18.9 Å². The molecule has 0 bridgehead atoms. The molecule has 0 aromatic rings. The lowest BCUT2D eigenvalue weighted by molar-refractivity contribution is -0.165. The van der Waals surface area contributed by atoms with Gasteiger partial charge in [-0.3, -0.25) is 14.9 Å². The average molecular weight is 345 g/mol. The maximum Gasteiger partial charge on any atom is 0.338 e. The Labute approximate surface area is 139 Å². The topological polar surface area (TPSA) is 117 Å². The Kier molecular flexibility index (Phi) is 7.15. The Morgan fingerprint density at radius 3 is 1.83 bits per heavy atom. The number of methoxy groups -OCH3 is 1. The summed E-state index contributed by atoms with van der Waals surface area (Å²) in [4.78, 5) is 48.9. The van der Waals surface area contributed by atoms with Gasteiger partial charge in [0.15, 0.2) is 0 Å². The Balaban J connectivity index is 3.24. The summed E-state index contributed by atoms with van der Waals surface area (Å²) in [6.45, 7) is 4.88. The van der Waals surface area contributed by atoms with E-state index in [0.29, 0.717) is 0 Å². The normalized spacial score (nSPS) is 21.7. The molecule has 1 aliphatic rings.